The minimum Gasteiger partial charge on any atom is -0.467 e. The van der Waals surface area contributed by atoms with Crippen molar-refractivity contribution in [3.05, 3.63) is 39.6 Å². The highest BCUT2D eigenvalue weighted by molar-refractivity contribution is 9.10. The molecule has 5 nitrogen and oxygen atoms in total. The molecule has 0 aliphatic carbocycles. The summed E-state index contributed by atoms with van der Waals surface area (Å²) in [5.74, 6) is 0. The fraction of sp³-hybridized carbons (Fsp3) is 0.182. The normalized spacial score (nSPS) is 10.2. The van der Waals surface area contributed by atoms with E-state index >= 15 is 0 Å². The maximum absolute atomic E-state index is 5.71. The number of ether oxygens (including phenoxy) is 2. The number of hydrogen-bond donors (Lipinski definition) is 0. The van der Waals surface area contributed by atoms with Crippen LogP contribution in [0.5, 0.6) is 12.0 Å². The van der Waals surface area contributed by atoms with E-state index in [-0.39, 0.29) is 17.3 Å². The van der Waals surface area contributed by atoms with E-state index < -0.39 is 0 Å². The molecule has 0 saturated carbocycles. The molecule has 0 unspecified atom stereocenters. The van der Waals surface area contributed by atoms with Crippen LogP contribution in [0.2, 0.25) is 5.28 Å². The molecule has 0 atom stereocenters. The lowest BCUT2D eigenvalue weighted by molar-refractivity contribution is 0.270. The highest BCUT2D eigenvalue weighted by atomic mass is 79.9. The van der Waals surface area contributed by atoms with Crippen LogP contribution in [-0.4, -0.2) is 22.1 Å². The molecule has 0 fully saturated rings. The van der Waals surface area contributed by atoms with Gasteiger partial charge in [0.1, 0.15) is 6.61 Å². The number of nitrogens with zero attached hydrogens (tertiary/aromatic N) is 3. The van der Waals surface area contributed by atoms with Crippen molar-refractivity contribution in [2.75, 3.05) is 7.11 Å². The van der Waals surface area contributed by atoms with E-state index in [0.29, 0.717) is 6.61 Å². The largest absolute Gasteiger partial charge is 0.467 e. The van der Waals surface area contributed by atoms with E-state index in [1.165, 1.54) is 7.11 Å². The Morgan fingerprint density at radius 2 is 2.00 bits per heavy atom. The van der Waals surface area contributed by atoms with Crippen molar-refractivity contribution in [1.29, 1.82) is 0 Å². The Bertz CT molecular complexity index is 554. The second kappa shape index (κ2) is 5.97. The van der Waals surface area contributed by atoms with Crippen LogP contribution >= 0.6 is 27.5 Å². The Morgan fingerprint density at radius 3 is 2.72 bits per heavy atom. The Hall–Kier alpha value is -1.40. The first-order valence-electron chi connectivity index (χ1n) is 5.00. The lowest BCUT2D eigenvalue weighted by Gasteiger charge is -2.05. The minimum absolute atomic E-state index is 0.0334. The molecule has 94 valence electrons. The van der Waals surface area contributed by atoms with Gasteiger partial charge in [0.25, 0.3) is 0 Å². The summed E-state index contributed by atoms with van der Waals surface area (Å²) >= 11 is 9.09. The topological polar surface area (TPSA) is 57.1 Å². The summed E-state index contributed by atoms with van der Waals surface area (Å²) in [6.45, 7) is 0.336. The fourth-order valence-electron chi connectivity index (χ4n) is 1.25. The number of halogens is 2. The molecule has 0 amide bonds. The third-order valence-corrected chi connectivity index (χ3v) is 2.67. The van der Waals surface area contributed by atoms with Gasteiger partial charge in [-0.3, -0.25) is 0 Å². The first-order chi connectivity index (χ1) is 8.67. The van der Waals surface area contributed by atoms with E-state index in [1.54, 1.807) is 0 Å². The van der Waals surface area contributed by atoms with Gasteiger partial charge in [-0.05, 0) is 29.3 Å². The molecule has 2 rings (SSSR count). The monoisotopic (exact) mass is 329 g/mol. The third-order valence-electron chi connectivity index (χ3n) is 2.01. The Labute approximate surface area is 117 Å². The SMILES string of the molecule is COc1nc(Cl)nc(OCc2cccc(Br)c2)n1. The summed E-state index contributed by atoms with van der Waals surface area (Å²) in [6, 6.07) is 7.99. The summed E-state index contributed by atoms with van der Waals surface area (Å²) in [5, 5.41) is 0.0334. The van der Waals surface area contributed by atoms with Crippen molar-refractivity contribution >= 4 is 27.5 Å². The average molecular weight is 331 g/mol. The van der Waals surface area contributed by atoms with Crippen LogP contribution in [0, 0.1) is 0 Å². The molecule has 7 heteroatoms. The zero-order valence-corrected chi connectivity index (χ0v) is 11.8. The van der Waals surface area contributed by atoms with E-state index in [0.717, 1.165) is 10.0 Å². The highest BCUT2D eigenvalue weighted by Crippen LogP contribution is 2.16. The van der Waals surface area contributed by atoms with Crippen LogP contribution in [0.25, 0.3) is 0 Å². The quantitative estimate of drug-likeness (QED) is 0.863. The lowest BCUT2D eigenvalue weighted by Crippen LogP contribution is -2.02. The maximum atomic E-state index is 5.71. The Kier molecular flexibility index (Phi) is 4.33. The van der Waals surface area contributed by atoms with Crippen molar-refractivity contribution in [1.82, 2.24) is 15.0 Å². The second-order valence-electron chi connectivity index (χ2n) is 3.29. The minimum atomic E-state index is 0.0334. The van der Waals surface area contributed by atoms with Crippen molar-refractivity contribution in [3.63, 3.8) is 0 Å². The van der Waals surface area contributed by atoms with Crippen molar-refractivity contribution in [3.8, 4) is 12.0 Å². The van der Waals surface area contributed by atoms with Crippen molar-refractivity contribution in [2.45, 2.75) is 6.61 Å². The van der Waals surface area contributed by atoms with Gasteiger partial charge in [0, 0.05) is 4.47 Å². The van der Waals surface area contributed by atoms with Gasteiger partial charge in [-0.1, -0.05) is 28.1 Å². The van der Waals surface area contributed by atoms with Gasteiger partial charge in [0.05, 0.1) is 7.11 Å². The summed E-state index contributed by atoms with van der Waals surface area (Å²) < 4.78 is 11.3. The molecule has 18 heavy (non-hydrogen) atoms. The maximum Gasteiger partial charge on any atom is 0.324 e. The van der Waals surface area contributed by atoms with Gasteiger partial charge in [-0.15, -0.1) is 4.98 Å². The van der Waals surface area contributed by atoms with Gasteiger partial charge < -0.3 is 9.47 Å². The van der Waals surface area contributed by atoms with Gasteiger partial charge >= 0.3 is 12.0 Å². The van der Waals surface area contributed by atoms with Crippen LogP contribution in [0.3, 0.4) is 0 Å². The number of rotatable bonds is 4. The number of hydrogen-bond acceptors (Lipinski definition) is 5. The van der Waals surface area contributed by atoms with Crippen LogP contribution in [0.1, 0.15) is 5.56 Å². The molecule has 1 heterocycles. The average Bonchev–Trinajstić information content (AvgIpc) is 2.36. The molecule has 1 aromatic carbocycles. The van der Waals surface area contributed by atoms with Crippen LogP contribution in [0.4, 0.5) is 0 Å². The van der Waals surface area contributed by atoms with Crippen LogP contribution < -0.4 is 9.47 Å². The number of methoxy groups -OCH3 is 1. The molecule has 2 aromatic rings. The molecular weight excluding hydrogens is 321 g/mol. The summed E-state index contributed by atoms with van der Waals surface area (Å²) in [7, 11) is 1.45. The smallest absolute Gasteiger partial charge is 0.324 e. The number of benzene rings is 1. The number of aromatic nitrogens is 3. The van der Waals surface area contributed by atoms with E-state index in [4.69, 9.17) is 21.1 Å². The molecule has 0 radical (unpaired) electrons. The van der Waals surface area contributed by atoms with E-state index in [1.807, 2.05) is 24.3 Å². The predicted molar refractivity (Wildman–Crippen MR) is 69.9 cm³/mol. The molecule has 0 spiro atoms. The van der Waals surface area contributed by atoms with Gasteiger partial charge in [-0.25, -0.2) is 0 Å². The van der Waals surface area contributed by atoms with Crippen LogP contribution in [0.15, 0.2) is 28.7 Å². The second-order valence-corrected chi connectivity index (χ2v) is 4.55. The highest BCUT2D eigenvalue weighted by Gasteiger charge is 2.06. The molecule has 0 bridgehead atoms. The summed E-state index contributed by atoms with van der Waals surface area (Å²) in [4.78, 5) is 11.5. The first kappa shape index (κ1) is 13.0. The standard InChI is InChI=1S/C11H9BrClN3O2/c1-17-10-14-9(13)15-11(16-10)18-6-7-3-2-4-8(12)5-7/h2-5H,6H2,1H3. The van der Waals surface area contributed by atoms with Gasteiger partial charge in [0.2, 0.25) is 5.28 Å². The Balaban J connectivity index is 2.08. The molecule has 1 aromatic heterocycles. The van der Waals surface area contributed by atoms with Crippen LogP contribution in [-0.2, 0) is 6.61 Å². The molecule has 0 N–H and O–H groups in total. The summed E-state index contributed by atoms with van der Waals surface area (Å²) in [5.41, 5.74) is 0.986. The molecular formula is C11H9BrClN3O2. The third kappa shape index (κ3) is 3.54. The van der Waals surface area contributed by atoms with E-state index in [2.05, 4.69) is 30.9 Å². The van der Waals surface area contributed by atoms with E-state index in [9.17, 15) is 0 Å². The molecule has 0 aliphatic rings. The predicted octanol–water partition coefficient (Wildman–Crippen LogP) is 2.88. The summed E-state index contributed by atoms with van der Waals surface area (Å²) in [6.07, 6.45) is 0. The lowest BCUT2D eigenvalue weighted by atomic mass is 10.2. The first-order valence-corrected chi connectivity index (χ1v) is 6.17. The fourth-order valence-corrected chi connectivity index (χ4v) is 1.84. The molecule has 0 saturated heterocycles. The van der Waals surface area contributed by atoms with Crippen molar-refractivity contribution in [2.24, 2.45) is 0 Å². The zero-order chi connectivity index (χ0) is 13.0. The Morgan fingerprint density at radius 1 is 1.22 bits per heavy atom. The molecule has 0 aliphatic heterocycles. The van der Waals surface area contributed by atoms with Gasteiger partial charge in [0.15, 0.2) is 0 Å². The van der Waals surface area contributed by atoms with Gasteiger partial charge in [-0.2, -0.15) is 9.97 Å². The zero-order valence-electron chi connectivity index (χ0n) is 9.43. The van der Waals surface area contributed by atoms with Crippen molar-refractivity contribution < 1.29 is 9.47 Å².